The molecule has 79 heavy (non-hydrogen) atoms. The van der Waals surface area contributed by atoms with Gasteiger partial charge >= 0.3 is 5.97 Å². The minimum absolute atomic E-state index is 0.0285. The Labute approximate surface area is 456 Å². The maximum atomic E-state index is 14.7. The number of hydrogen-bond acceptors (Lipinski definition) is 13. The van der Waals surface area contributed by atoms with Crippen molar-refractivity contribution < 1.29 is 58.5 Å². The minimum Gasteiger partial charge on any atom is -0.508 e. The molecule has 15 N–H and O–H groups in total. The summed E-state index contributed by atoms with van der Waals surface area (Å²) in [5.41, 5.74) is 12.5. The van der Waals surface area contributed by atoms with Gasteiger partial charge in [0.05, 0.1) is 12.9 Å². The lowest BCUT2D eigenvalue weighted by Crippen LogP contribution is -2.62. The monoisotopic (exact) mass is 1100 g/mol. The van der Waals surface area contributed by atoms with Crippen LogP contribution < -0.4 is 48.7 Å². The van der Waals surface area contributed by atoms with Crippen LogP contribution in [-0.2, 0) is 62.4 Å². The molecule has 0 unspecified atom stereocenters. The second-order valence-electron chi connectivity index (χ2n) is 20.1. The van der Waals surface area contributed by atoms with Gasteiger partial charge in [0.2, 0.25) is 47.3 Å². The molecule has 3 aromatic carbocycles. The van der Waals surface area contributed by atoms with E-state index in [0.29, 0.717) is 23.2 Å². The van der Waals surface area contributed by atoms with Gasteiger partial charge in [0.1, 0.15) is 54.1 Å². The second kappa shape index (κ2) is 29.2. The Hall–Kier alpha value is -8.61. The zero-order chi connectivity index (χ0) is 57.9. The smallest absolute Gasteiger partial charge is 0.326 e. The van der Waals surface area contributed by atoms with E-state index in [0.717, 1.165) is 17.7 Å². The van der Waals surface area contributed by atoms with Crippen molar-refractivity contribution in [3.8, 4) is 5.75 Å². The molecular formula is C54H73N13O12. The largest absolute Gasteiger partial charge is 0.508 e. The van der Waals surface area contributed by atoms with E-state index < -0.39 is 120 Å². The fourth-order valence-corrected chi connectivity index (χ4v) is 9.14. The lowest BCUT2D eigenvalue weighted by molar-refractivity contribution is -0.145. The highest BCUT2D eigenvalue weighted by Gasteiger charge is 2.41. The van der Waals surface area contributed by atoms with E-state index in [9.17, 15) is 58.5 Å². The molecule has 5 rings (SSSR count). The number of carbonyl (C=O) groups is 9. The number of nitrogens with two attached hydrogens (primary N) is 2. The minimum atomic E-state index is -1.43. The quantitative estimate of drug-likeness (QED) is 0.0187. The van der Waals surface area contributed by atoms with Crippen LogP contribution in [0.25, 0.3) is 10.8 Å². The number of hydrogen-bond donors (Lipinski definition) is 13. The van der Waals surface area contributed by atoms with E-state index in [1.165, 1.54) is 41.7 Å². The number of aromatic amines is 1. The number of aliphatic imine (C=N–C) groups is 1. The number of aliphatic hydroxyl groups excluding tert-OH is 1. The molecule has 1 fully saturated rings. The number of aromatic nitrogens is 2. The molecule has 0 radical (unpaired) electrons. The summed E-state index contributed by atoms with van der Waals surface area (Å²) in [5.74, 6) is -8.93. The number of carboxylic acid groups (broad SMARTS) is 1. The number of fused-ring (bicyclic) bond motifs is 1. The molecule has 2 heterocycles. The molecule has 426 valence electrons. The number of H-pyrrole nitrogens is 1. The van der Waals surface area contributed by atoms with Gasteiger partial charge in [-0.15, -0.1) is 0 Å². The predicted molar refractivity (Wildman–Crippen MR) is 290 cm³/mol. The summed E-state index contributed by atoms with van der Waals surface area (Å²) in [4.78, 5) is 136. The van der Waals surface area contributed by atoms with Crippen molar-refractivity contribution in [2.24, 2.45) is 28.3 Å². The molecule has 0 spiro atoms. The summed E-state index contributed by atoms with van der Waals surface area (Å²) in [6.45, 7) is 7.09. The molecule has 8 atom stereocenters. The van der Waals surface area contributed by atoms with E-state index >= 15 is 0 Å². The van der Waals surface area contributed by atoms with Crippen molar-refractivity contribution in [2.45, 2.75) is 128 Å². The molecule has 1 aliphatic rings. The molecular weight excluding hydrogens is 1020 g/mol. The molecule has 8 amide bonds. The number of phenols is 1. The third-order valence-electron chi connectivity index (χ3n) is 13.3. The highest BCUT2D eigenvalue weighted by molar-refractivity contribution is 5.98. The van der Waals surface area contributed by atoms with E-state index in [4.69, 9.17) is 11.5 Å². The number of imidazole rings is 1. The van der Waals surface area contributed by atoms with Gasteiger partial charge in [-0.3, -0.25) is 43.3 Å². The molecule has 4 aromatic rings. The van der Waals surface area contributed by atoms with Crippen molar-refractivity contribution >= 4 is 70.0 Å². The Morgan fingerprint density at radius 3 is 1.91 bits per heavy atom. The Balaban J connectivity index is 1.35. The molecule has 1 saturated heterocycles. The average Bonchev–Trinajstić information content (AvgIpc) is 4.12. The number of phenolic OH excluding ortho intramolecular Hbond substituents is 1. The number of carboxylic acids is 1. The van der Waals surface area contributed by atoms with Gasteiger partial charge in [-0.2, -0.15) is 0 Å². The molecule has 25 nitrogen and oxygen atoms in total. The molecule has 1 aromatic heterocycles. The van der Waals surface area contributed by atoms with Crippen LogP contribution in [0.15, 0.2) is 84.2 Å². The number of guanidine groups is 1. The number of likely N-dealkylation sites (tertiary alicyclic amines) is 1. The van der Waals surface area contributed by atoms with Gasteiger partial charge in [-0.1, -0.05) is 82.3 Å². The standard InChI is InChI=1S/C54H73N13O12/c1-29(2)44(65-46(71)38(15-9-21-58-54(55)56)61-48(73)42(27-68)60-31(5)69)50(75)62-39(23-32-17-19-36(70)20-18-32)47(72)66-45(30(3)4)51(76)63-40(25-35-26-57-28-59-35)52(77)67-22-10-16-43(67)49(74)64-41(53(78)79)24-34-13-8-12-33-11-6-7-14-37(33)34/h6-8,11-14,17-20,26,28-30,38-45,68,70H,9-10,15-16,21-25,27H2,1-5H3,(H,57,59)(H,60,69)(H,61,73)(H,62,75)(H,63,76)(H,64,74)(H,65,71)(H,66,72)(H,78,79)(H4,55,56,58)/t38-,39-,40-,41+,42-,43-,44-,45-/m0/s1. The number of benzene rings is 3. The van der Waals surface area contributed by atoms with Crippen LogP contribution in [0.1, 0.15) is 77.1 Å². The van der Waals surface area contributed by atoms with Crippen LogP contribution in [0, 0.1) is 11.8 Å². The number of rotatable bonds is 28. The van der Waals surface area contributed by atoms with Gasteiger partial charge in [-0.25, -0.2) is 9.78 Å². The first-order valence-corrected chi connectivity index (χ1v) is 26.1. The SMILES string of the molecule is CC(=O)N[C@@H](CO)C(=O)N[C@@H](CCCN=C(N)N)C(=O)N[C@H](C(=O)N[C@@H](Cc1ccc(O)cc1)C(=O)N[C@H](C(=O)N[C@@H](Cc1cnc[nH]1)C(=O)N1CCC[C@H]1C(=O)N[C@H](Cc1cccc2ccccc12)C(=O)O)C(C)C)C(C)C. The number of nitrogens with one attached hydrogen (secondary N) is 8. The van der Waals surface area contributed by atoms with Crippen molar-refractivity contribution in [3.63, 3.8) is 0 Å². The van der Waals surface area contributed by atoms with Crippen LogP contribution >= 0.6 is 0 Å². The highest BCUT2D eigenvalue weighted by atomic mass is 16.4. The van der Waals surface area contributed by atoms with E-state index in [-0.39, 0.29) is 63.3 Å². The molecule has 0 bridgehead atoms. The molecule has 0 aliphatic carbocycles. The summed E-state index contributed by atoms with van der Waals surface area (Å²) in [7, 11) is 0. The predicted octanol–water partition coefficient (Wildman–Crippen LogP) is -0.857. The number of nitrogens with zero attached hydrogens (tertiary/aromatic N) is 3. The maximum Gasteiger partial charge on any atom is 0.326 e. The van der Waals surface area contributed by atoms with Crippen molar-refractivity contribution in [1.82, 2.24) is 52.1 Å². The molecule has 25 heteroatoms. The number of aliphatic carboxylic acids is 1. The highest BCUT2D eigenvalue weighted by Crippen LogP contribution is 2.23. The normalized spacial score (nSPS) is 15.8. The van der Waals surface area contributed by atoms with Crippen LogP contribution in [0.2, 0.25) is 0 Å². The Kier molecular flexibility index (Phi) is 22.7. The maximum absolute atomic E-state index is 14.7. The number of aliphatic hydroxyl groups is 1. The first-order valence-electron chi connectivity index (χ1n) is 26.1. The number of carbonyl (C=O) groups excluding carboxylic acids is 8. The molecule has 0 saturated carbocycles. The first-order chi connectivity index (χ1) is 37.6. The average molecular weight is 1100 g/mol. The third kappa shape index (κ3) is 18.0. The lowest BCUT2D eigenvalue weighted by Gasteiger charge is -2.31. The van der Waals surface area contributed by atoms with Crippen LogP contribution in [-0.4, -0.2) is 157 Å². The summed E-state index contributed by atoms with van der Waals surface area (Å²) in [6.07, 6.45) is 3.27. The fraction of sp³-hybridized carbons (Fsp3) is 0.463. The van der Waals surface area contributed by atoms with E-state index in [2.05, 4.69) is 52.2 Å². The summed E-state index contributed by atoms with van der Waals surface area (Å²) in [6, 6.07) is 8.20. The van der Waals surface area contributed by atoms with E-state index in [1.54, 1.807) is 39.8 Å². The van der Waals surface area contributed by atoms with Gasteiger partial charge in [0, 0.05) is 51.2 Å². The van der Waals surface area contributed by atoms with Crippen LogP contribution in [0.5, 0.6) is 5.75 Å². The Morgan fingerprint density at radius 2 is 1.32 bits per heavy atom. The molecule has 1 aliphatic heterocycles. The third-order valence-corrected chi connectivity index (χ3v) is 13.3. The summed E-state index contributed by atoms with van der Waals surface area (Å²) >= 11 is 0. The first kappa shape index (κ1) is 61.2. The topological polar surface area (TPSA) is 395 Å². The van der Waals surface area contributed by atoms with Gasteiger partial charge in [0.15, 0.2) is 5.96 Å². The Bertz CT molecular complexity index is 2800. The van der Waals surface area contributed by atoms with Crippen LogP contribution in [0.3, 0.4) is 0 Å². The zero-order valence-electron chi connectivity index (χ0n) is 44.9. The number of aromatic hydroxyl groups is 1. The van der Waals surface area contributed by atoms with Crippen LogP contribution in [0.4, 0.5) is 0 Å². The summed E-state index contributed by atoms with van der Waals surface area (Å²) in [5, 5.41) is 50.1. The van der Waals surface area contributed by atoms with Gasteiger partial charge < -0.3 is 73.9 Å². The van der Waals surface area contributed by atoms with Gasteiger partial charge in [0.25, 0.3) is 0 Å². The van der Waals surface area contributed by atoms with Gasteiger partial charge in [-0.05, 0) is 71.6 Å². The number of amides is 8. The van der Waals surface area contributed by atoms with E-state index in [1.807, 2.05) is 30.3 Å². The van der Waals surface area contributed by atoms with Crippen molar-refractivity contribution in [3.05, 3.63) is 96.1 Å². The summed E-state index contributed by atoms with van der Waals surface area (Å²) < 4.78 is 0. The van der Waals surface area contributed by atoms with Crippen molar-refractivity contribution in [2.75, 3.05) is 19.7 Å². The second-order valence-corrected chi connectivity index (χ2v) is 20.1. The Morgan fingerprint density at radius 1 is 0.709 bits per heavy atom. The van der Waals surface area contributed by atoms with Crippen molar-refractivity contribution in [1.29, 1.82) is 0 Å². The fourth-order valence-electron chi connectivity index (χ4n) is 9.14. The lowest BCUT2D eigenvalue weighted by atomic mass is 9.98. The zero-order valence-corrected chi connectivity index (χ0v) is 44.9.